The number of carbonyl (C=O) groups excluding carboxylic acids is 1. The average Bonchev–Trinajstić information content (AvgIpc) is 3.24. The lowest BCUT2D eigenvalue weighted by atomic mass is 10.0. The van der Waals surface area contributed by atoms with Crippen molar-refractivity contribution >= 4 is 11.8 Å². The van der Waals surface area contributed by atoms with E-state index in [0.717, 1.165) is 16.8 Å². The number of carboxylic acid groups (broad SMARTS) is 1. The zero-order valence-corrected chi connectivity index (χ0v) is 14.5. The number of ketones is 1. The third kappa shape index (κ3) is 2.73. The van der Waals surface area contributed by atoms with Gasteiger partial charge in [-0.15, -0.1) is 0 Å². The lowest BCUT2D eigenvalue weighted by molar-refractivity contribution is -0.138. The molecule has 1 atom stereocenters. The van der Waals surface area contributed by atoms with Crippen molar-refractivity contribution in [1.29, 1.82) is 0 Å². The fraction of sp³-hybridized carbons (Fsp3) is 0.182. The van der Waals surface area contributed by atoms with Crippen molar-refractivity contribution in [3.63, 3.8) is 0 Å². The minimum absolute atomic E-state index is 0.0715. The van der Waals surface area contributed by atoms with Gasteiger partial charge in [0.25, 0.3) is 0 Å². The Labute approximate surface area is 151 Å². The van der Waals surface area contributed by atoms with Crippen molar-refractivity contribution in [2.45, 2.75) is 25.8 Å². The van der Waals surface area contributed by atoms with Gasteiger partial charge in [-0.25, -0.2) is 0 Å². The van der Waals surface area contributed by atoms with Crippen molar-refractivity contribution in [3.8, 4) is 11.1 Å². The van der Waals surface area contributed by atoms with E-state index in [1.165, 1.54) is 5.56 Å². The molecule has 2 heterocycles. The minimum Gasteiger partial charge on any atom is -0.481 e. The minimum atomic E-state index is -0.830. The van der Waals surface area contributed by atoms with Crippen LogP contribution in [-0.2, 0) is 11.3 Å². The molecule has 1 aliphatic heterocycles. The Morgan fingerprint density at radius 1 is 0.923 bits per heavy atom. The molecule has 2 aromatic carbocycles. The van der Waals surface area contributed by atoms with Gasteiger partial charge in [0.05, 0.1) is 11.6 Å². The van der Waals surface area contributed by atoms with Crippen molar-refractivity contribution in [2.24, 2.45) is 0 Å². The molecule has 26 heavy (non-hydrogen) atoms. The van der Waals surface area contributed by atoms with E-state index in [4.69, 9.17) is 0 Å². The molecule has 1 aromatic heterocycles. The van der Waals surface area contributed by atoms with Gasteiger partial charge in [0.1, 0.15) is 0 Å². The summed E-state index contributed by atoms with van der Waals surface area (Å²) in [5.41, 5.74) is 5.28. The topological polar surface area (TPSA) is 59.3 Å². The second-order valence-corrected chi connectivity index (χ2v) is 6.75. The molecule has 4 heteroatoms. The van der Waals surface area contributed by atoms with Crippen LogP contribution in [0.15, 0.2) is 60.7 Å². The van der Waals surface area contributed by atoms with Gasteiger partial charge >= 0.3 is 5.97 Å². The second-order valence-electron chi connectivity index (χ2n) is 6.75. The highest BCUT2D eigenvalue weighted by Gasteiger charge is 2.31. The van der Waals surface area contributed by atoms with E-state index >= 15 is 0 Å². The number of aliphatic carboxylic acids is 1. The van der Waals surface area contributed by atoms with Crippen LogP contribution < -0.4 is 0 Å². The van der Waals surface area contributed by atoms with Gasteiger partial charge in [-0.3, -0.25) is 9.59 Å². The maximum absolute atomic E-state index is 12.9. The van der Waals surface area contributed by atoms with Crippen molar-refractivity contribution in [1.82, 2.24) is 4.57 Å². The molecule has 1 unspecified atom stereocenters. The molecule has 0 fully saturated rings. The van der Waals surface area contributed by atoms with Crippen molar-refractivity contribution in [2.75, 3.05) is 0 Å². The number of carbonyl (C=O) groups is 2. The van der Waals surface area contributed by atoms with E-state index in [1.54, 1.807) is 12.1 Å². The van der Waals surface area contributed by atoms with Crippen LogP contribution in [0, 0.1) is 6.92 Å². The summed E-state index contributed by atoms with van der Waals surface area (Å²) < 4.78 is 1.84. The number of aromatic nitrogens is 1. The van der Waals surface area contributed by atoms with Crippen LogP contribution in [0.3, 0.4) is 0 Å². The van der Waals surface area contributed by atoms with Gasteiger partial charge in [-0.1, -0.05) is 54.1 Å². The Morgan fingerprint density at radius 3 is 2.15 bits per heavy atom. The Kier molecular flexibility index (Phi) is 3.96. The lowest BCUT2D eigenvalue weighted by Crippen LogP contribution is -2.10. The van der Waals surface area contributed by atoms with Gasteiger partial charge in [0.2, 0.25) is 5.78 Å². The summed E-state index contributed by atoms with van der Waals surface area (Å²) in [6.07, 6.45) is 0.540. The molecule has 0 aliphatic carbocycles. The van der Waals surface area contributed by atoms with Gasteiger partial charge in [0.15, 0.2) is 0 Å². The second kappa shape index (κ2) is 6.30. The summed E-state index contributed by atoms with van der Waals surface area (Å²) in [5.74, 6) is -1.42. The van der Waals surface area contributed by atoms with E-state index in [9.17, 15) is 14.7 Å². The number of carboxylic acids is 1. The molecular weight excluding hydrogens is 326 g/mol. The molecule has 0 saturated heterocycles. The summed E-state index contributed by atoms with van der Waals surface area (Å²) >= 11 is 0. The highest BCUT2D eigenvalue weighted by molar-refractivity contribution is 6.08. The lowest BCUT2D eigenvalue weighted by Gasteiger charge is -2.07. The number of aryl methyl sites for hydroxylation is 1. The highest BCUT2D eigenvalue weighted by Crippen LogP contribution is 2.31. The maximum Gasteiger partial charge on any atom is 0.312 e. The van der Waals surface area contributed by atoms with Crippen LogP contribution >= 0.6 is 0 Å². The Balaban J connectivity index is 1.61. The fourth-order valence-corrected chi connectivity index (χ4v) is 3.60. The maximum atomic E-state index is 12.9. The molecule has 0 spiro atoms. The normalized spacial score (nSPS) is 15.7. The van der Waals surface area contributed by atoms with Gasteiger partial charge in [0, 0.05) is 17.8 Å². The quantitative estimate of drug-likeness (QED) is 0.719. The zero-order valence-electron chi connectivity index (χ0n) is 14.5. The SMILES string of the molecule is Cc1ccc(-c2ccc(C(=O)c3ccc4n3CCC4C(=O)O)cc2)cc1. The monoisotopic (exact) mass is 345 g/mol. The van der Waals surface area contributed by atoms with Crippen molar-refractivity contribution < 1.29 is 14.7 Å². The fourth-order valence-electron chi connectivity index (χ4n) is 3.60. The van der Waals surface area contributed by atoms with E-state index in [2.05, 4.69) is 31.2 Å². The Morgan fingerprint density at radius 2 is 1.54 bits per heavy atom. The molecule has 0 bridgehead atoms. The molecular formula is C22H19NO3. The number of hydrogen-bond acceptors (Lipinski definition) is 2. The molecule has 4 rings (SSSR count). The zero-order chi connectivity index (χ0) is 18.3. The number of rotatable bonds is 4. The summed E-state index contributed by atoms with van der Waals surface area (Å²) in [6, 6.07) is 19.3. The highest BCUT2D eigenvalue weighted by atomic mass is 16.4. The van der Waals surface area contributed by atoms with Crippen LogP contribution in [0.5, 0.6) is 0 Å². The predicted molar refractivity (Wildman–Crippen MR) is 99.5 cm³/mol. The van der Waals surface area contributed by atoms with Crippen LogP contribution in [0.25, 0.3) is 11.1 Å². The van der Waals surface area contributed by atoms with Gasteiger partial charge in [-0.2, -0.15) is 0 Å². The first-order chi connectivity index (χ1) is 12.5. The molecule has 0 radical (unpaired) electrons. The Hall–Kier alpha value is -3.14. The molecule has 1 aliphatic rings. The first-order valence-corrected chi connectivity index (χ1v) is 8.68. The molecule has 0 amide bonds. The molecule has 1 N–H and O–H groups in total. The number of nitrogens with zero attached hydrogens (tertiary/aromatic N) is 1. The Bertz CT molecular complexity index is 981. The molecule has 4 nitrogen and oxygen atoms in total. The number of fused-ring (bicyclic) bond motifs is 1. The number of hydrogen-bond donors (Lipinski definition) is 1. The summed E-state index contributed by atoms with van der Waals surface area (Å²) in [5, 5.41) is 9.28. The molecule has 0 saturated carbocycles. The molecule has 130 valence electrons. The first-order valence-electron chi connectivity index (χ1n) is 8.68. The molecule has 3 aromatic rings. The van der Waals surface area contributed by atoms with E-state index in [0.29, 0.717) is 24.2 Å². The standard InChI is InChI=1S/C22H19NO3/c1-14-2-4-15(5-3-14)16-6-8-17(9-7-16)21(24)20-11-10-19-18(22(25)26)12-13-23(19)20/h2-11,18H,12-13H2,1H3,(H,25,26). The predicted octanol–water partition coefficient (Wildman–Crippen LogP) is 4.27. The van der Waals surface area contributed by atoms with Crippen LogP contribution in [0.4, 0.5) is 0 Å². The van der Waals surface area contributed by atoms with Crippen molar-refractivity contribution in [3.05, 3.63) is 83.2 Å². The smallest absolute Gasteiger partial charge is 0.312 e. The first kappa shape index (κ1) is 16.3. The average molecular weight is 345 g/mol. The number of benzene rings is 2. The third-order valence-electron chi connectivity index (χ3n) is 5.08. The summed E-state index contributed by atoms with van der Waals surface area (Å²) in [4.78, 5) is 24.2. The third-order valence-corrected chi connectivity index (χ3v) is 5.08. The van der Waals surface area contributed by atoms with E-state index < -0.39 is 11.9 Å². The largest absolute Gasteiger partial charge is 0.481 e. The van der Waals surface area contributed by atoms with Crippen LogP contribution in [0.2, 0.25) is 0 Å². The summed E-state index contributed by atoms with van der Waals surface area (Å²) in [6.45, 7) is 2.62. The van der Waals surface area contributed by atoms with Gasteiger partial charge in [-0.05, 0) is 36.6 Å². The van der Waals surface area contributed by atoms with Gasteiger partial charge < -0.3 is 9.67 Å². The van der Waals surface area contributed by atoms with E-state index in [-0.39, 0.29) is 5.78 Å². The summed E-state index contributed by atoms with van der Waals surface area (Å²) in [7, 11) is 0. The van der Waals surface area contributed by atoms with E-state index in [1.807, 2.05) is 28.8 Å². The van der Waals surface area contributed by atoms with Crippen LogP contribution in [-0.4, -0.2) is 21.4 Å². The van der Waals surface area contributed by atoms with Crippen LogP contribution in [0.1, 0.15) is 39.6 Å².